The van der Waals surface area contributed by atoms with Crippen LogP contribution in [0.3, 0.4) is 0 Å². The smallest absolute Gasteiger partial charge is 0.227 e. The molecule has 0 unspecified atom stereocenters. The van der Waals surface area contributed by atoms with Gasteiger partial charge in [-0.1, -0.05) is 31.5 Å². The zero-order chi connectivity index (χ0) is 14.8. The number of rotatable bonds is 4. The second-order valence-electron chi connectivity index (χ2n) is 5.84. The van der Waals surface area contributed by atoms with Gasteiger partial charge in [-0.2, -0.15) is 0 Å². The Balaban J connectivity index is 1.91. The predicted molar refractivity (Wildman–Crippen MR) is 87.5 cm³/mol. The number of hydrogen-bond acceptors (Lipinski definition) is 3. The van der Waals surface area contributed by atoms with Crippen LogP contribution in [0.25, 0.3) is 22.6 Å². The molecule has 0 spiro atoms. The third-order valence-corrected chi connectivity index (χ3v) is 3.40. The van der Waals surface area contributed by atoms with Gasteiger partial charge >= 0.3 is 0 Å². The molecular weight excluding hydrogens is 260 g/mol. The van der Waals surface area contributed by atoms with Crippen LogP contribution in [0, 0.1) is 12.8 Å². The summed E-state index contributed by atoms with van der Waals surface area (Å²) < 4.78 is 5.84. The lowest BCUT2D eigenvalue weighted by atomic mass is 10.1. The molecule has 0 aliphatic heterocycles. The van der Waals surface area contributed by atoms with Gasteiger partial charge in [0.2, 0.25) is 5.89 Å². The molecule has 1 heterocycles. The van der Waals surface area contributed by atoms with Crippen LogP contribution >= 0.6 is 0 Å². The highest BCUT2D eigenvalue weighted by Crippen LogP contribution is 2.26. The molecule has 0 aliphatic carbocycles. The van der Waals surface area contributed by atoms with Gasteiger partial charge in [0.1, 0.15) is 5.52 Å². The van der Waals surface area contributed by atoms with Crippen LogP contribution in [-0.2, 0) is 0 Å². The summed E-state index contributed by atoms with van der Waals surface area (Å²) in [5.41, 5.74) is 5.03. The quantitative estimate of drug-likeness (QED) is 0.740. The van der Waals surface area contributed by atoms with Crippen LogP contribution < -0.4 is 5.32 Å². The van der Waals surface area contributed by atoms with E-state index in [1.165, 1.54) is 5.56 Å². The van der Waals surface area contributed by atoms with Crippen molar-refractivity contribution in [3.63, 3.8) is 0 Å². The minimum absolute atomic E-state index is 0.612. The van der Waals surface area contributed by atoms with Gasteiger partial charge in [-0.15, -0.1) is 0 Å². The van der Waals surface area contributed by atoms with Crippen molar-refractivity contribution in [2.75, 3.05) is 11.9 Å². The first-order chi connectivity index (χ1) is 10.1. The minimum atomic E-state index is 0.612. The lowest BCUT2D eigenvalue weighted by Gasteiger charge is -2.07. The van der Waals surface area contributed by atoms with Crippen LogP contribution in [0.5, 0.6) is 0 Å². The SMILES string of the molecule is Cc1ccc(-c2nc3cc(NCC(C)C)ccc3o2)cc1. The van der Waals surface area contributed by atoms with E-state index < -0.39 is 0 Å². The summed E-state index contributed by atoms with van der Waals surface area (Å²) in [6, 6.07) is 14.3. The molecule has 108 valence electrons. The van der Waals surface area contributed by atoms with Crippen molar-refractivity contribution in [3.05, 3.63) is 48.0 Å². The molecule has 21 heavy (non-hydrogen) atoms. The normalized spacial score (nSPS) is 11.2. The van der Waals surface area contributed by atoms with Crippen LogP contribution in [0.1, 0.15) is 19.4 Å². The van der Waals surface area contributed by atoms with E-state index in [1.807, 2.05) is 30.3 Å². The van der Waals surface area contributed by atoms with Crippen LogP contribution in [0.4, 0.5) is 5.69 Å². The average molecular weight is 280 g/mol. The van der Waals surface area contributed by atoms with Crippen molar-refractivity contribution in [2.24, 2.45) is 5.92 Å². The third-order valence-electron chi connectivity index (χ3n) is 3.40. The summed E-state index contributed by atoms with van der Waals surface area (Å²) >= 11 is 0. The van der Waals surface area contributed by atoms with E-state index in [1.54, 1.807) is 0 Å². The number of anilines is 1. The lowest BCUT2D eigenvalue weighted by molar-refractivity contribution is 0.620. The highest BCUT2D eigenvalue weighted by atomic mass is 16.3. The summed E-state index contributed by atoms with van der Waals surface area (Å²) in [7, 11) is 0. The molecule has 0 saturated carbocycles. The molecular formula is C18H20N2O. The summed E-state index contributed by atoms with van der Waals surface area (Å²) in [6.45, 7) is 7.41. The van der Waals surface area contributed by atoms with Gasteiger partial charge in [0.25, 0.3) is 0 Å². The number of oxazole rings is 1. The number of hydrogen-bond donors (Lipinski definition) is 1. The summed E-state index contributed by atoms with van der Waals surface area (Å²) in [4.78, 5) is 4.59. The molecule has 0 saturated heterocycles. The highest BCUT2D eigenvalue weighted by molar-refractivity contribution is 5.80. The number of nitrogens with one attached hydrogen (secondary N) is 1. The number of nitrogens with zero attached hydrogens (tertiary/aromatic N) is 1. The Morgan fingerprint density at radius 2 is 1.86 bits per heavy atom. The molecule has 1 N–H and O–H groups in total. The lowest BCUT2D eigenvalue weighted by Crippen LogP contribution is -2.07. The maximum atomic E-state index is 5.84. The first-order valence-electron chi connectivity index (χ1n) is 7.33. The molecule has 3 rings (SSSR count). The molecule has 3 heteroatoms. The maximum Gasteiger partial charge on any atom is 0.227 e. The first-order valence-corrected chi connectivity index (χ1v) is 7.33. The van der Waals surface area contributed by atoms with Crippen molar-refractivity contribution in [3.8, 4) is 11.5 Å². The molecule has 0 bridgehead atoms. The summed E-state index contributed by atoms with van der Waals surface area (Å²) in [5.74, 6) is 1.28. The molecule has 1 aromatic heterocycles. The van der Waals surface area contributed by atoms with Crippen LogP contribution in [-0.4, -0.2) is 11.5 Å². The monoisotopic (exact) mass is 280 g/mol. The average Bonchev–Trinajstić information content (AvgIpc) is 2.88. The highest BCUT2D eigenvalue weighted by Gasteiger charge is 2.08. The molecule has 0 radical (unpaired) electrons. The van der Waals surface area contributed by atoms with Crippen molar-refractivity contribution in [1.29, 1.82) is 0 Å². The Morgan fingerprint density at radius 3 is 2.57 bits per heavy atom. The van der Waals surface area contributed by atoms with Gasteiger partial charge in [0, 0.05) is 17.8 Å². The van der Waals surface area contributed by atoms with E-state index >= 15 is 0 Å². The van der Waals surface area contributed by atoms with Gasteiger partial charge in [0.15, 0.2) is 5.58 Å². The molecule has 0 amide bonds. The Hall–Kier alpha value is -2.29. The molecule has 0 atom stereocenters. The summed E-state index contributed by atoms with van der Waals surface area (Å²) in [6.07, 6.45) is 0. The van der Waals surface area contributed by atoms with Crippen molar-refractivity contribution in [1.82, 2.24) is 4.98 Å². The number of aryl methyl sites for hydroxylation is 1. The van der Waals surface area contributed by atoms with Crippen molar-refractivity contribution in [2.45, 2.75) is 20.8 Å². The first kappa shape index (κ1) is 13.7. The van der Waals surface area contributed by atoms with Gasteiger partial charge in [-0.25, -0.2) is 4.98 Å². The van der Waals surface area contributed by atoms with E-state index in [2.05, 4.69) is 43.2 Å². The van der Waals surface area contributed by atoms with Gasteiger partial charge < -0.3 is 9.73 Å². The Morgan fingerprint density at radius 1 is 1.10 bits per heavy atom. The Labute approximate surface area is 125 Å². The molecule has 3 aromatic rings. The fourth-order valence-electron chi connectivity index (χ4n) is 2.18. The van der Waals surface area contributed by atoms with Crippen molar-refractivity contribution >= 4 is 16.8 Å². The number of aromatic nitrogens is 1. The second kappa shape index (κ2) is 5.60. The number of benzene rings is 2. The van der Waals surface area contributed by atoms with E-state index in [-0.39, 0.29) is 0 Å². The molecule has 3 nitrogen and oxygen atoms in total. The van der Waals surface area contributed by atoms with E-state index in [0.717, 1.165) is 28.9 Å². The molecule has 0 aliphatic rings. The molecule has 2 aromatic carbocycles. The standard InChI is InChI=1S/C18H20N2O/c1-12(2)11-19-15-8-9-17-16(10-15)20-18(21-17)14-6-4-13(3)5-7-14/h4-10,12,19H,11H2,1-3H3. The topological polar surface area (TPSA) is 38.1 Å². The predicted octanol–water partition coefficient (Wildman–Crippen LogP) is 4.87. The molecule has 0 fully saturated rings. The van der Waals surface area contributed by atoms with Crippen LogP contribution in [0.15, 0.2) is 46.9 Å². The largest absolute Gasteiger partial charge is 0.436 e. The van der Waals surface area contributed by atoms with Gasteiger partial charge in [-0.3, -0.25) is 0 Å². The van der Waals surface area contributed by atoms with E-state index in [4.69, 9.17) is 4.42 Å². The minimum Gasteiger partial charge on any atom is -0.436 e. The fourth-order valence-corrected chi connectivity index (χ4v) is 2.18. The van der Waals surface area contributed by atoms with Gasteiger partial charge in [-0.05, 0) is 43.2 Å². The summed E-state index contributed by atoms with van der Waals surface area (Å²) in [5, 5.41) is 3.41. The van der Waals surface area contributed by atoms with Gasteiger partial charge in [0.05, 0.1) is 0 Å². The second-order valence-corrected chi connectivity index (χ2v) is 5.84. The third kappa shape index (κ3) is 3.07. The zero-order valence-electron chi connectivity index (χ0n) is 12.7. The van der Waals surface area contributed by atoms with E-state index in [0.29, 0.717) is 11.8 Å². The van der Waals surface area contributed by atoms with Crippen molar-refractivity contribution < 1.29 is 4.42 Å². The maximum absolute atomic E-state index is 5.84. The Kier molecular flexibility index (Phi) is 3.65. The van der Waals surface area contributed by atoms with E-state index in [9.17, 15) is 0 Å². The Bertz CT molecular complexity index is 742. The zero-order valence-corrected chi connectivity index (χ0v) is 12.7. The fraction of sp³-hybridized carbons (Fsp3) is 0.278. The number of fused-ring (bicyclic) bond motifs is 1. The van der Waals surface area contributed by atoms with Crippen LogP contribution in [0.2, 0.25) is 0 Å².